The minimum absolute atomic E-state index is 0.469. The maximum absolute atomic E-state index is 3.68. The molecule has 0 bridgehead atoms. The highest BCUT2D eigenvalue weighted by Crippen LogP contribution is 2.24. The second-order valence-electron chi connectivity index (χ2n) is 6.29. The lowest BCUT2D eigenvalue weighted by Gasteiger charge is -2.26. The van der Waals surface area contributed by atoms with Crippen molar-refractivity contribution in [3.63, 3.8) is 0 Å². The Morgan fingerprint density at radius 3 is 2.70 bits per heavy atom. The monoisotopic (exact) mass is 274 g/mol. The van der Waals surface area contributed by atoms with Crippen LogP contribution in [0.1, 0.15) is 49.4 Å². The van der Waals surface area contributed by atoms with Crippen LogP contribution in [0.15, 0.2) is 18.2 Å². The molecule has 1 aromatic rings. The third-order valence-corrected chi connectivity index (χ3v) is 4.64. The van der Waals surface area contributed by atoms with Crippen LogP contribution in [0.5, 0.6) is 0 Å². The molecule has 0 aliphatic carbocycles. The minimum atomic E-state index is 0.469. The summed E-state index contributed by atoms with van der Waals surface area (Å²) < 4.78 is 0. The second kappa shape index (κ2) is 7.24. The fraction of sp³-hybridized carbons (Fsp3) is 0.667. The summed E-state index contributed by atoms with van der Waals surface area (Å²) in [6.45, 7) is 13.7. The number of hydrogen-bond donors (Lipinski definition) is 1. The van der Waals surface area contributed by atoms with Gasteiger partial charge in [0, 0.05) is 19.1 Å². The summed E-state index contributed by atoms with van der Waals surface area (Å²) >= 11 is 0. The van der Waals surface area contributed by atoms with Crippen LogP contribution in [0, 0.1) is 19.8 Å². The number of nitrogens with one attached hydrogen (secondary N) is 1. The molecule has 0 spiro atoms. The van der Waals surface area contributed by atoms with Gasteiger partial charge in [-0.2, -0.15) is 0 Å². The highest BCUT2D eigenvalue weighted by molar-refractivity contribution is 5.33. The molecule has 1 aromatic carbocycles. The highest BCUT2D eigenvalue weighted by Gasteiger charge is 2.24. The Balaban J connectivity index is 2.07. The van der Waals surface area contributed by atoms with Crippen LogP contribution in [0.3, 0.4) is 0 Å². The van der Waals surface area contributed by atoms with Gasteiger partial charge in [-0.15, -0.1) is 0 Å². The molecule has 0 aromatic heterocycles. The third-order valence-electron chi connectivity index (χ3n) is 4.64. The Kier molecular flexibility index (Phi) is 5.62. The standard InChI is InChI=1S/C18H30N2/c1-5-16-9-10-20(12-16)13-18(19-6-2)17-8-7-14(3)11-15(17)4/h7-8,11,16,18-19H,5-6,9-10,12-13H2,1-4H3. The first kappa shape index (κ1) is 15.5. The van der Waals surface area contributed by atoms with Crippen LogP contribution in [0.2, 0.25) is 0 Å². The summed E-state index contributed by atoms with van der Waals surface area (Å²) in [5, 5.41) is 3.68. The van der Waals surface area contributed by atoms with E-state index in [0.717, 1.165) is 19.0 Å². The molecule has 2 unspecified atom stereocenters. The highest BCUT2D eigenvalue weighted by atomic mass is 15.2. The van der Waals surface area contributed by atoms with Gasteiger partial charge >= 0.3 is 0 Å². The Morgan fingerprint density at radius 2 is 2.10 bits per heavy atom. The van der Waals surface area contributed by atoms with Crippen molar-refractivity contribution < 1.29 is 0 Å². The first-order valence-corrected chi connectivity index (χ1v) is 8.16. The summed E-state index contributed by atoms with van der Waals surface area (Å²) in [4.78, 5) is 2.64. The van der Waals surface area contributed by atoms with Gasteiger partial charge in [0.05, 0.1) is 0 Å². The van der Waals surface area contributed by atoms with Gasteiger partial charge in [-0.1, -0.05) is 44.0 Å². The van der Waals surface area contributed by atoms with Crippen molar-refractivity contribution in [2.45, 2.75) is 46.6 Å². The Morgan fingerprint density at radius 1 is 1.30 bits per heavy atom. The molecular weight excluding hydrogens is 244 g/mol. The van der Waals surface area contributed by atoms with E-state index in [4.69, 9.17) is 0 Å². The first-order chi connectivity index (χ1) is 9.63. The number of hydrogen-bond acceptors (Lipinski definition) is 2. The second-order valence-corrected chi connectivity index (χ2v) is 6.29. The van der Waals surface area contributed by atoms with E-state index >= 15 is 0 Å². The van der Waals surface area contributed by atoms with Gasteiger partial charge in [0.25, 0.3) is 0 Å². The maximum Gasteiger partial charge on any atom is 0.0451 e. The van der Waals surface area contributed by atoms with Crippen molar-refractivity contribution in [1.29, 1.82) is 0 Å². The summed E-state index contributed by atoms with van der Waals surface area (Å²) in [5.74, 6) is 0.913. The zero-order valence-electron chi connectivity index (χ0n) is 13.6. The quantitative estimate of drug-likeness (QED) is 0.851. The number of likely N-dealkylation sites (tertiary alicyclic amines) is 1. The largest absolute Gasteiger partial charge is 0.309 e. The molecule has 2 heteroatoms. The molecule has 20 heavy (non-hydrogen) atoms. The van der Waals surface area contributed by atoms with Crippen LogP contribution in [-0.2, 0) is 0 Å². The fourth-order valence-electron chi connectivity index (χ4n) is 3.41. The number of aryl methyl sites for hydroxylation is 2. The van der Waals surface area contributed by atoms with E-state index in [1.807, 2.05) is 0 Å². The average Bonchev–Trinajstić information content (AvgIpc) is 2.86. The molecule has 1 aliphatic rings. The van der Waals surface area contributed by atoms with Gasteiger partial charge in [0.2, 0.25) is 0 Å². The van der Waals surface area contributed by atoms with Crippen LogP contribution in [0.4, 0.5) is 0 Å². The van der Waals surface area contributed by atoms with Crippen molar-refractivity contribution in [2.75, 3.05) is 26.2 Å². The summed E-state index contributed by atoms with van der Waals surface area (Å²) in [6, 6.07) is 7.33. The molecule has 1 saturated heterocycles. The topological polar surface area (TPSA) is 15.3 Å². The molecule has 0 amide bonds. The van der Waals surface area contributed by atoms with Gasteiger partial charge in [-0.3, -0.25) is 0 Å². The molecule has 2 rings (SSSR count). The molecule has 0 saturated carbocycles. The lowest BCUT2D eigenvalue weighted by atomic mass is 9.98. The van der Waals surface area contributed by atoms with Crippen LogP contribution >= 0.6 is 0 Å². The number of benzene rings is 1. The molecule has 1 fully saturated rings. The van der Waals surface area contributed by atoms with Crippen LogP contribution in [-0.4, -0.2) is 31.1 Å². The van der Waals surface area contributed by atoms with Crippen LogP contribution in [0.25, 0.3) is 0 Å². The molecule has 0 radical (unpaired) electrons. The maximum atomic E-state index is 3.68. The van der Waals surface area contributed by atoms with E-state index < -0.39 is 0 Å². The Hall–Kier alpha value is -0.860. The van der Waals surface area contributed by atoms with Crippen molar-refractivity contribution in [2.24, 2.45) is 5.92 Å². The molecule has 1 N–H and O–H groups in total. The third kappa shape index (κ3) is 3.83. The molecule has 1 aliphatic heterocycles. The lowest BCUT2D eigenvalue weighted by molar-refractivity contribution is 0.282. The molecule has 1 heterocycles. The SMILES string of the molecule is CCNC(CN1CCC(CC)C1)c1ccc(C)cc1C. The van der Waals surface area contributed by atoms with Gasteiger partial charge in [-0.25, -0.2) is 0 Å². The zero-order chi connectivity index (χ0) is 14.5. The van der Waals surface area contributed by atoms with Gasteiger partial charge in [0.1, 0.15) is 0 Å². The number of likely N-dealkylation sites (N-methyl/N-ethyl adjacent to an activating group) is 1. The molecule has 2 atom stereocenters. The smallest absolute Gasteiger partial charge is 0.0451 e. The summed E-state index contributed by atoms with van der Waals surface area (Å²) in [6.07, 6.45) is 2.70. The van der Waals surface area contributed by atoms with Gasteiger partial charge < -0.3 is 10.2 Å². The Bertz CT molecular complexity index is 427. The molecule has 112 valence electrons. The molecular formula is C18H30N2. The first-order valence-electron chi connectivity index (χ1n) is 8.16. The fourth-order valence-corrected chi connectivity index (χ4v) is 3.41. The zero-order valence-corrected chi connectivity index (χ0v) is 13.6. The molecule has 2 nitrogen and oxygen atoms in total. The van der Waals surface area contributed by atoms with Crippen molar-refractivity contribution in [3.05, 3.63) is 34.9 Å². The van der Waals surface area contributed by atoms with Gasteiger partial charge in [0.15, 0.2) is 0 Å². The number of rotatable bonds is 6. The van der Waals surface area contributed by atoms with E-state index in [9.17, 15) is 0 Å². The predicted molar refractivity (Wildman–Crippen MR) is 87.2 cm³/mol. The Labute approximate surface area is 124 Å². The number of nitrogens with zero attached hydrogens (tertiary/aromatic N) is 1. The average molecular weight is 274 g/mol. The lowest BCUT2D eigenvalue weighted by Crippen LogP contribution is -2.34. The summed E-state index contributed by atoms with van der Waals surface area (Å²) in [7, 11) is 0. The van der Waals surface area contributed by atoms with Crippen molar-refractivity contribution in [3.8, 4) is 0 Å². The van der Waals surface area contributed by atoms with E-state index in [0.29, 0.717) is 6.04 Å². The normalized spacial score (nSPS) is 21.3. The van der Waals surface area contributed by atoms with E-state index in [-0.39, 0.29) is 0 Å². The van der Waals surface area contributed by atoms with E-state index in [1.165, 1.54) is 42.6 Å². The minimum Gasteiger partial charge on any atom is -0.309 e. The van der Waals surface area contributed by atoms with E-state index in [1.54, 1.807) is 0 Å². The van der Waals surface area contributed by atoms with Gasteiger partial charge in [-0.05, 0) is 50.4 Å². The van der Waals surface area contributed by atoms with Crippen molar-refractivity contribution in [1.82, 2.24) is 10.2 Å². The summed E-state index contributed by atoms with van der Waals surface area (Å²) in [5.41, 5.74) is 4.24. The van der Waals surface area contributed by atoms with Crippen LogP contribution < -0.4 is 5.32 Å². The predicted octanol–water partition coefficient (Wildman–Crippen LogP) is 3.69. The van der Waals surface area contributed by atoms with E-state index in [2.05, 4.69) is 56.1 Å². The van der Waals surface area contributed by atoms with Crippen molar-refractivity contribution >= 4 is 0 Å².